The maximum atomic E-state index is 13.3. The number of benzene rings is 2. The Morgan fingerprint density at radius 3 is 3.00 bits per heavy atom. The molecule has 1 saturated heterocycles. The van der Waals surface area contributed by atoms with Crippen molar-refractivity contribution in [3.05, 3.63) is 58.5 Å². The first-order valence-corrected chi connectivity index (χ1v) is 8.49. The summed E-state index contributed by atoms with van der Waals surface area (Å²) in [6.07, 6.45) is 0.201. The fraction of sp³-hybridized carbons (Fsp3) is 0.381. The van der Waals surface area contributed by atoms with Gasteiger partial charge in [-0.15, -0.1) is 0 Å². The molecule has 2 N–H and O–H groups in total. The summed E-state index contributed by atoms with van der Waals surface area (Å²) in [5, 5.41) is 4.62. The van der Waals surface area contributed by atoms with Crippen molar-refractivity contribution in [1.82, 2.24) is 10.2 Å². The van der Waals surface area contributed by atoms with Crippen LogP contribution in [0.25, 0.3) is 0 Å². The highest BCUT2D eigenvalue weighted by molar-refractivity contribution is 6.33. The van der Waals surface area contributed by atoms with Crippen molar-refractivity contribution in [2.75, 3.05) is 25.9 Å². The minimum atomic E-state index is -2.99. The molecule has 3 rings (SSSR count). The van der Waals surface area contributed by atoms with E-state index in [-0.39, 0.29) is 29.2 Å². The second-order valence-corrected chi connectivity index (χ2v) is 6.38. The summed E-state index contributed by atoms with van der Waals surface area (Å²) in [6.45, 7) is -3.55. The molecule has 0 saturated carbocycles. The highest BCUT2D eigenvalue weighted by Gasteiger charge is 2.32. The van der Waals surface area contributed by atoms with Crippen LogP contribution >= 0.6 is 11.6 Å². The Labute approximate surface area is 183 Å². The Hall–Kier alpha value is -2.24. The van der Waals surface area contributed by atoms with E-state index in [4.69, 9.17) is 34.2 Å². The molecule has 0 bridgehead atoms. The summed E-state index contributed by atoms with van der Waals surface area (Å²) < 4.78 is 107. The van der Waals surface area contributed by atoms with Crippen molar-refractivity contribution < 1.29 is 27.4 Å². The van der Waals surface area contributed by atoms with Crippen LogP contribution in [0.15, 0.2) is 42.3 Å². The molecular formula is C21H26ClN3O2. The van der Waals surface area contributed by atoms with Gasteiger partial charge in [-0.1, -0.05) is 41.8 Å². The third kappa shape index (κ3) is 4.37. The number of anilines is 1. The first-order chi connectivity index (χ1) is 18.2. The van der Waals surface area contributed by atoms with Gasteiger partial charge in [0.1, 0.15) is 5.75 Å². The molecule has 144 valence electrons. The second kappa shape index (κ2) is 8.63. The number of methoxy groups -OCH3 is 1. The molecule has 1 amide bonds. The number of carbonyl (C=O) groups excluding carboxylic acids is 1. The summed E-state index contributed by atoms with van der Waals surface area (Å²) in [5.74, 6) is -1.30. The molecule has 0 radical (unpaired) electrons. The van der Waals surface area contributed by atoms with Crippen LogP contribution in [-0.4, -0.2) is 43.4 Å². The van der Waals surface area contributed by atoms with Crippen LogP contribution in [0.3, 0.4) is 0 Å². The van der Waals surface area contributed by atoms with Crippen molar-refractivity contribution in [2.45, 2.75) is 31.9 Å². The van der Waals surface area contributed by atoms with E-state index in [1.807, 2.05) is 0 Å². The lowest BCUT2D eigenvalue weighted by atomic mass is 10.1. The van der Waals surface area contributed by atoms with Gasteiger partial charge in [0, 0.05) is 45.0 Å². The van der Waals surface area contributed by atoms with Crippen molar-refractivity contribution in [3.8, 4) is 5.75 Å². The minimum absolute atomic E-state index is 0.0438. The van der Waals surface area contributed by atoms with Crippen LogP contribution < -0.4 is 15.4 Å². The van der Waals surface area contributed by atoms with Crippen LogP contribution in [0, 0.1) is 0 Å². The highest BCUT2D eigenvalue weighted by atomic mass is 35.5. The van der Waals surface area contributed by atoms with Crippen LogP contribution in [0.4, 0.5) is 5.69 Å². The number of ether oxygens (including phenoxy) is 1. The summed E-state index contributed by atoms with van der Waals surface area (Å²) in [5.41, 5.74) is -1.03. The summed E-state index contributed by atoms with van der Waals surface area (Å²) >= 11 is 6.16. The molecule has 1 heterocycles. The van der Waals surface area contributed by atoms with E-state index >= 15 is 0 Å². The zero-order valence-corrected chi connectivity index (χ0v) is 15.1. The van der Waals surface area contributed by atoms with Gasteiger partial charge in [-0.3, -0.25) is 9.69 Å². The normalized spacial score (nSPS) is 28.1. The van der Waals surface area contributed by atoms with Gasteiger partial charge in [0.15, 0.2) is 0 Å². The van der Waals surface area contributed by atoms with Crippen LogP contribution in [-0.2, 0) is 6.50 Å². The minimum Gasteiger partial charge on any atom is -0.496 e. The molecule has 1 aliphatic heterocycles. The summed E-state index contributed by atoms with van der Waals surface area (Å²) in [4.78, 5) is 14.5. The molecule has 27 heavy (non-hydrogen) atoms. The van der Waals surface area contributed by atoms with Gasteiger partial charge in [-0.2, -0.15) is 0 Å². The van der Waals surface area contributed by atoms with Gasteiger partial charge >= 0.3 is 0 Å². The number of nitrogens with one attached hydrogen (secondary N) is 2. The van der Waals surface area contributed by atoms with Gasteiger partial charge in [-0.05, 0) is 25.0 Å². The molecule has 2 atom stereocenters. The van der Waals surface area contributed by atoms with E-state index in [9.17, 15) is 4.79 Å². The lowest BCUT2D eigenvalue weighted by Crippen LogP contribution is -2.43. The van der Waals surface area contributed by atoms with Crippen molar-refractivity contribution >= 4 is 23.2 Å². The van der Waals surface area contributed by atoms with Gasteiger partial charge < -0.3 is 15.4 Å². The van der Waals surface area contributed by atoms with Crippen molar-refractivity contribution in [3.63, 3.8) is 0 Å². The number of halogens is 1. The number of rotatable bonds is 6. The Morgan fingerprint density at radius 1 is 1.44 bits per heavy atom. The molecule has 2 aromatic carbocycles. The zero-order valence-electron chi connectivity index (χ0n) is 27.4. The quantitative estimate of drug-likeness (QED) is 0.774. The first kappa shape index (κ1) is 8.84. The highest BCUT2D eigenvalue weighted by Crippen LogP contribution is 2.31. The van der Waals surface area contributed by atoms with Gasteiger partial charge in [0.2, 0.25) is 0 Å². The maximum absolute atomic E-state index is 13.3. The second-order valence-electron chi connectivity index (χ2n) is 5.97. The van der Waals surface area contributed by atoms with Crippen LogP contribution in [0.5, 0.6) is 5.75 Å². The average Bonchev–Trinajstić information content (AvgIpc) is 3.17. The molecule has 0 spiro atoms. The Kier molecular flexibility index (Phi) is 2.83. The zero-order chi connectivity index (χ0) is 30.5. The molecule has 1 fully saturated rings. The van der Waals surface area contributed by atoms with E-state index in [0.29, 0.717) is 0 Å². The molecular weight excluding hydrogens is 362 g/mol. The average molecular weight is 401 g/mol. The van der Waals surface area contributed by atoms with Gasteiger partial charge in [0.25, 0.3) is 5.91 Å². The standard InChI is InChI=1S/C21H26ClN3O2/c1-14-18(9-10-25(14)13-15-7-5-4-6-8-15)24-21(26)16-11-17(22)19(23-2)12-20(16)27-3/h4-8,11-12,14,18,23H,9-10,13H2,1-3H3,(H,24,26)/t14-,18-/m1/s1/i2D3,3D3,4D,5D,6D,7D,8D,13D2. The molecule has 1 aliphatic rings. The van der Waals surface area contributed by atoms with Crippen LogP contribution in [0.1, 0.15) is 47.1 Å². The SMILES string of the molecule is [2H]c1c([2H])c([2H])c(C([2H])([2H])N2CC[C@@H](NC(=O)c3cc(Cl)c(NC([2H])([2H])[2H])cc3OC([2H])([2H])[2H])[C@H]2C)c([2H])c1[2H]. The van der Waals surface area contributed by atoms with Crippen molar-refractivity contribution in [2.24, 2.45) is 0 Å². The topological polar surface area (TPSA) is 53.6 Å². The van der Waals surface area contributed by atoms with E-state index in [0.717, 1.165) is 12.1 Å². The van der Waals surface area contributed by atoms with E-state index in [1.165, 1.54) is 4.90 Å². The number of hydrogen-bond acceptors (Lipinski definition) is 4. The summed E-state index contributed by atoms with van der Waals surface area (Å²) in [6, 6.07) is -2.78. The third-order valence-electron chi connectivity index (χ3n) is 4.39. The number of hydrogen-bond donors (Lipinski definition) is 2. The molecule has 0 unspecified atom stereocenters. The lowest BCUT2D eigenvalue weighted by Gasteiger charge is -2.25. The smallest absolute Gasteiger partial charge is 0.255 e. The van der Waals surface area contributed by atoms with Crippen molar-refractivity contribution in [1.29, 1.82) is 0 Å². The molecule has 0 aromatic heterocycles. The molecule has 2 aromatic rings. The Bertz CT molecular complexity index is 1290. The van der Waals surface area contributed by atoms with Gasteiger partial charge in [-0.25, -0.2) is 0 Å². The monoisotopic (exact) mass is 400 g/mol. The molecule has 0 aliphatic carbocycles. The summed E-state index contributed by atoms with van der Waals surface area (Å²) in [7, 11) is -2.99. The fourth-order valence-electron chi connectivity index (χ4n) is 2.90. The Balaban J connectivity index is 1.92. The first-order valence-electron chi connectivity index (χ1n) is 14.6. The van der Waals surface area contributed by atoms with E-state index < -0.39 is 80.0 Å². The van der Waals surface area contributed by atoms with Gasteiger partial charge in [0.05, 0.1) is 34.3 Å². The largest absolute Gasteiger partial charge is 0.496 e. The number of likely N-dealkylation sites (tertiary alicyclic amines) is 1. The lowest BCUT2D eigenvalue weighted by molar-refractivity contribution is 0.0924. The predicted molar refractivity (Wildman–Crippen MR) is 110 cm³/mol. The number of nitrogens with zero attached hydrogens (tertiary/aromatic N) is 1. The molecule has 5 nitrogen and oxygen atoms in total. The number of amides is 1. The number of carbonyl (C=O) groups is 1. The third-order valence-corrected chi connectivity index (χ3v) is 4.70. The Morgan fingerprint density at radius 2 is 2.26 bits per heavy atom. The van der Waals surface area contributed by atoms with Crippen LogP contribution in [0.2, 0.25) is 5.02 Å². The fourth-order valence-corrected chi connectivity index (χ4v) is 3.11. The predicted octanol–water partition coefficient (Wildman–Crippen LogP) is 3.78. The molecule has 6 heteroatoms. The van der Waals surface area contributed by atoms with E-state index in [2.05, 4.69) is 10.6 Å². The van der Waals surface area contributed by atoms with E-state index in [1.54, 1.807) is 6.92 Å². The maximum Gasteiger partial charge on any atom is 0.255 e.